The van der Waals surface area contributed by atoms with Crippen LogP contribution in [-0.2, 0) is 11.4 Å². The molecule has 4 rings (SSSR count). The molecule has 0 saturated carbocycles. The zero-order chi connectivity index (χ0) is 23.2. The first-order valence-electron chi connectivity index (χ1n) is 10.0. The number of methoxy groups -OCH3 is 2. The fourth-order valence-corrected chi connectivity index (χ4v) is 3.99. The average Bonchev–Trinajstić information content (AvgIpc) is 3.18. The average molecular weight is 481 g/mol. The molecule has 0 spiro atoms. The summed E-state index contributed by atoms with van der Waals surface area (Å²) in [6, 6.07) is 20.4. The summed E-state index contributed by atoms with van der Waals surface area (Å²) in [4.78, 5) is 17.5. The van der Waals surface area contributed by atoms with Gasteiger partial charge in [0.15, 0.2) is 5.17 Å². The number of thioether (sulfide) groups is 1. The minimum Gasteiger partial charge on any atom is -0.497 e. The van der Waals surface area contributed by atoms with Crippen LogP contribution in [0, 0.1) is 0 Å². The molecule has 1 N–H and O–H groups in total. The maximum absolute atomic E-state index is 12.4. The fourth-order valence-electron chi connectivity index (χ4n) is 3.03. The Kier molecular flexibility index (Phi) is 7.22. The van der Waals surface area contributed by atoms with E-state index in [1.54, 1.807) is 32.4 Å². The minimum absolute atomic E-state index is 0.200. The molecule has 1 saturated heterocycles. The van der Waals surface area contributed by atoms with Crippen LogP contribution in [0.3, 0.4) is 0 Å². The smallest absolute Gasteiger partial charge is 0.264 e. The molecule has 168 valence electrons. The minimum atomic E-state index is -0.200. The first kappa shape index (κ1) is 22.8. The van der Waals surface area contributed by atoms with Gasteiger partial charge in [-0.3, -0.25) is 4.79 Å². The molecule has 0 bridgehead atoms. The van der Waals surface area contributed by atoms with Gasteiger partial charge < -0.3 is 19.5 Å². The highest BCUT2D eigenvalue weighted by Crippen LogP contribution is 2.34. The van der Waals surface area contributed by atoms with E-state index in [4.69, 9.17) is 25.8 Å². The number of rotatable bonds is 7. The Labute approximate surface area is 201 Å². The molecule has 1 aliphatic rings. The fraction of sp³-hybridized carbons (Fsp3) is 0.120. The number of ether oxygens (including phenoxy) is 3. The van der Waals surface area contributed by atoms with Gasteiger partial charge in [-0.15, -0.1) is 0 Å². The monoisotopic (exact) mass is 480 g/mol. The molecule has 1 fully saturated rings. The highest BCUT2D eigenvalue weighted by atomic mass is 35.5. The largest absolute Gasteiger partial charge is 0.497 e. The van der Waals surface area contributed by atoms with Crippen molar-refractivity contribution < 1.29 is 19.0 Å². The van der Waals surface area contributed by atoms with Crippen LogP contribution >= 0.6 is 23.4 Å². The molecule has 3 aromatic rings. The van der Waals surface area contributed by atoms with Crippen molar-refractivity contribution in [3.8, 4) is 17.2 Å². The van der Waals surface area contributed by atoms with Crippen molar-refractivity contribution in [1.29, 1.82) is 0 Å². The summed E-state index contributed by atoms with van der Waals surface area (Å²) in [7, 11) is 3.15. The molecule has 6 nitrogen and oxygen atoms in total. The molecule has 1 aliphatic heterocycles. The quantitative estimate of drug-likeness (QED) is 0.431. The summed E-state index contributed by atoms with van der Waals surface area (Å²) in [6.45, 7) is 0.449. The molecule has 3 aromatic carbocycles. The van der Waals surface area contributed by atoms with E-state index >= 15 is 0 Å². The summed E-state index contributed by atoms with van der Waals surface area (Å²) in [6.07, 6.45) is 1.82. The van der Waals surface area contributed by atoms with Gasteiger partial charge in [-0.25, -0.2) is 4.99 Å². The van der Waals surface area contributed by atoms with Gasteiger partial charge in [0.2, 0.25) is 0 Å². The SMILES string of the molecule is COc1ccc(N=C2NC(=O)/C(=C/c3ccc(OCc4ccc(Cl)cc4)cc3)S2)c(OC)c1. The zero-order valence-electron chi connectivity index (χ0n) is 18.0. The predicted octanol–water partition coefficient (Wildman–Crippen LogP) is 5.83. The molecule has 8 heteroatoms. The predicted molar refractivity (Wildman–Crippen MR) is 133 cm³/mol. The lowest BCUT2D eigenvalue weighted by Crippen LogP contribution is -2.19. The third-order valence-electron chi connectivity index (χ3n) is 4.76. The third-order valence-corrected chi connectivity index (χ3v) is 5.92. The zero-order valence-corrected chi connectivity index (χ0v) is 19.6. The number of halogens is 1. The van der Waals surface area contributed by atoms with Crippen LogP contribution < -0.4 is 19.5 Å². The van der Waals surface area contributed by atoms with Crippen molar-refractivity contribution in [2.24, 2.45) is 4.99 Å². The first-order chi connectivity index (χ1) is 16.0. The number of aliphatic imine (C=N–C) groups is 1. The lowest BCUT2D eigenvalue weighted by atomic mass is 10.2. The normalized spacial score (nSPS) is 15.5. The summed E-state index contributed by atoms with van der Waals surface area (Å²) >= 11 is 7.18. The number of amides is 1. The van der Waals surface area contributed by atoms with Crippen molar-refractivity contribution in [2.75, 3.05) is 14.2 Å². The van der Waals surface area contributed by atoms with E-state index < -0.39 is 0 Å². The van der Waals surface area contributed by atoms with Gasteiger partial charge >= 0.3 is 0 Å². The van der Waals surface area contributed by atoms with Crippen molar-refractivity contribution in [1.82, 2.24) is 5.32 Å². The summed E-state index contributed by atoms with van der Waals surface area (Å²) in [5, 5.41) is 3.97. The Morgan fingerprint density at radius 3 is 2.39 bits per heavy atom. The lowest BCUT2D eigenvalue weighted by molar-refractivity contribution is -0.115. The molecule has 0 aromatic heterocycles. The van der Waals surface area contributed by atoms with Gasteiger partial charge in [-0.05, 0) is 65.4 Å². The standard InChI is InChI=1S/C25H21ClN2O4S/c1-30-20-11-12-21(22(14-20)31-2)27-25-28-24(29)23(33-25)13-16-5-9-19(10-6-16)32-15-17-3-7-18(26)8-4-17/h3-14H,15H2,1-2H3,(H,27,28,29)/b23-13-. The number of nitrogens with zero attached hydrogens (tertiary/aromatic N) is 1. The van der Waals surface area contributed by atoms with Gasteiger partial charge in [0.1, 0.15) is 29.5 Å². The van der Waals surface area contributed by atoms with Crippen LogP contribution in [0.5, 0.6) is 17.2 Å². The van der Waals surface area contributed by atoms with E-state index in [0.29, 0.717) is 38.9 Å². The number of amidine groups is 1. The van der Waals surface area contributed by atoms with Crippen LogP contribution in [-0.4, -0.2) is 25.3 Å². The number of benzene rings is 3. The molecule has 1 amide bonds. The molecule has 0 radical (unpaired) electrons. The summed E-state index contributed by atoms with van der Waals surface area (Å²) in [5.41, 5.74) is 2.52. The van der Waals surface area contributed by atoms with Gasteiger partial charge in [-0.2, -0.15) is 0 Å². The van der Waals surface area contributed by atoms with Crippen molar-refractivity contribution in [3.05, 3.63) is 87.8 Å². The Morgan fingerprint density at radius 1 is 0.970 bits per heavy atom. The van der Waals surface area contributed by atoms with Crippen LogP contribution in [0.2, 0.25) is 5.02 Å². The second-order valence-electron chi connectivity index (χ2n) is 7.00. The maximum atomic E-state index is 12.4. The van der Waals surface area contributed by atoms with E-state index in [2.05, 4.69) is 10.3 Å². The number of carbonyl (C=O) groups is 1. The Morgan fingerprint density at radius 2 is 1.70 bits per heavy atom. The van der Waals surface area contributed by atoms with Crippen LogP contribution in [0.1, 0.15) is 11.1 Å². The van der Waals surface area contributed by atoms with Crippen LogP contribution in [0.15, 0.2) is 76.6 Å². The van der Waals surface area contributed by atoms with Gasteiger partial charge in [-0.1, -0.05) is 35.9 Å². The summed E-state index contributed by atoms with van der Waals surface area (Å²) < 4.78 is 16.4. The van der Waals surface area contributed by atoms with Crippen LogP contribution in [0.4, 0.5) is 5.69 Å². The van der Waals surface area contributed by atoms with E-state index in [0.717, 1.165) is 16.9 Å². The molecule has 0 aliphatic carbocycles. The lowest BCUT2D eigenvalue weighted by Gasteiger charge is -2.07. The first-order valence-corrected chi connectivity index (χ1v) is 11.2. The second-order valence-corrected chi connectivity index (χ2v) is 8.47. The van der Waals surface area contributed by atoms with Crippen LogP contribution in [0.25, 0.3) is 6.08 Å². The number of carbonyl (C=O) groups excluding carboxylic acids is 1. The van der Waals surface area contributed by atoms with Crippen molar-refractivity contribution in [3.63, 3.8) is 0 Å². The van der Waals surface area contributed by atoms with Gasteiger partial charge in [0.05, 0.1) is 19.1 Å². The van der Waals surface area contributed by atoms with Gasteiger partial charge in [0, 0.05) is 11.1 Å². The Bertz CT molecular complexity index is 1210. The van der Waals surface area contributed by atoms with E-state index in [-0.39, 0.29) is 5.91 Å². The van der Waals surface area contributed by atoms with Crippen molar-refractivity contribution >= 4 is 46.2 Å². The molecule has 33 heavy (non-hydrogen) atoms. The third kappa shape index (κ3) is 5.88. The highest BCUT2D eigenvalue weighted by Gasteiger charge is 2.24. The highest BCUT2D eigenvalue weighted by molar-refractivity contribution is 8.18. The molecule has 0 unspecified atom stereocenters. The van der Waals surface area contributed by atoms with E-state index in [1.807, 2.05) is 54.6 Å². The topological polar surface area (TPSA) is 69.2 Å². The summed E-state index contributed by atoms with van der Waals surface area (Å²) in [5.74, 6) is 1.77. The number of hydrogen-bond acceptors (Lipinski definition) is 6. The molecule has 0 atom stereocenters. The number of hydrogen-bond donors (Lipinski definition) is 1. The van der Waals surface area contributed by atoms with Crippen molar-refractivity contribution in [2.45, 2.75) is 6.61 Å². The number of nitrogens with one attached hydrogen (secondary N) is 1. The maximum Gasteiger partial charge on any atom is 0.264 e. The Hall–Kier alpha value is -3.42. The van der Waals surface area contributed by atoms with E-state index in [9.17, 15) is 4.79 Å². The van der Waals surface area contributed by atoms with E-state index in [1.165, 1.54) is 11.8 Å². The molecular weight excluding hydrogens is 460 g/mol. The van der Waals surface area contributed by atoms with Gasteiger partial charge in [0.25, 0.3) is 5.91 Å². The molecule has 1 heterocycles. The Balaban J connectivity index is 1.42. The molecular formula is C25H21ClN2O4S. The second kappa shape index (κ2) is 10.5.